The van der Waals surface area contributed by atoms with Crippen LogP contribution in [0.2, 0.25) is 0 Å². The van der Waals surface area contributed by atoms with Gasteiger partial charge < -0.3 is 4.89 Å². The summed E-state index contributed by atoms with van der Waals surface area (Å²) in [5.41, 5.74) is 0. The van der Waals surface area contributed by atoms with Crippen LogP contribution in [0.4, 0.5) is 0 Å². The van der Waals surface area contributed by atoms with Crippen molar-refractivity contribution in [3.63, 3.8) is 0 Å². The van der Waals surface area contributed by atoms with Crippen LogP contribution in [0.1, 0.15) is 110 Å². The Hall–Kier alpha value is 0.196. The standard InChI is InChI=1S/C18H36O3.Mg/c1-2-3-4-5-6-7-8-9-10-11-12-13-14-15-16-17-18(19)21-20;/h20H,2-17H2,1H3;. The normalized spacial score (nSPS) is 10.3. The first-order valence-corrected chi connectivity index (χ1v) is 9.15. The van der Waals surface area contributed by atoms with E-state index in [1.54, 1.807) is 0 Å². The molecule has 3 nitrogen and oxygen atoms in total. The summed E-state index contributed by atoms with van der Waals surface area (Å²) in [6.45, 7) is 2.27. The zero-order valence-electron chi connectivity index (χ0n) is 14.8. The molecule has 128 valence electrons. The zero-order chi connectivity index (χ0) is 15.6. The second-order valence-corrected chi connectivity index (χ2v) is 6.16. The Morgan fingerprint density at radius 1 is 0.682 bits per heavy atom. The fourth-order valence-electron chi connectivity index (χ4n) is 2.69. The van der Waals surface area contributed by atoms with Crippen molar-refractivity contribution >= 4 is 29.0 Å². The molecule has 0 atom stereocenters. The van der Waals surface area contributed by atoms with E-state index < -0.39 is 5.97 Å². The third kappa shape index (κ3) is 20.2. The van der Waals surface area contributed by atoms with E-state index in [0.29, 0.717) is 6.42 Å². The Labute approximate surface area is 153 Å². The number of hydrogen-bond acceptors (Lipinski definition) is 3. The van der Waals surface area contributed by atoms with Crippen molar-refractivity contribution < 1.29 is 14.9 Å². The van der Waals surface area contributed by atoms with Crippen molar-refractivity contribution in [3.8, 4) is 0 Å². The van der Waals surface area contributed by atoms with Gasteiger partial charge in [-0.1, -0.05) is 96.8 Å². The van der Waals surface area contributed by atoms with Crippen molar-refractivity contribution in [2.75, 3.05) is 0 Å². The first kappa shape index (κ1) is 24.4. The molecule has 1 N–H and O–H groups in total. The minimum atomic E-state index is -0.510. The molecule has 0 aliphatic heterocycles. The van der Waals surface area contributed by atoms with Gasteiger partial charge in [0.05, 0.1) is 0 Å². The number of carbonyl (C=O) groups is 1. The summed E-state index contributed by atoms with van der Waals surface area (Å²) in [5, 5.41) is 8.10. The maximum absolute atomic E-state index is 10.7. The average molecular weight is 325 g/mol. The molecule has 0 rings (SSSR count). The predicted octanol–water partition coefficient (Wildman–Crippen LogP) is 5.88. The van der Waals surface area contributed by atoms with Crippen LogP contribution in [0, 0.1) is 0 Å². The second-order valence-electron chi connectivity index (χ2n) is 6.16. The molecule has 0 saturated heterocycles. The van der Waals surface area contributed by atoms with Gasteiger partial charge in [0.1, 0.15) is 0 Å². The zero-order valence-corrected chi connectivity index (χ0v) is 16.2. The molecular weight excluding hydrogens is 288 g/mol. The molecule has 22 heavy (non-hydrogen) atoms. The fourth-order valence-corrected chi connectivity index (χ4v) is 2.69. The highest BCUT2D eigenvalue weighted by Gasteiger charge is 2.00. The van der Waals surface area contributed by atoms with Crippen LogP contribution < -0.4 is 0 Å². The molecule has 0 aromatic carbocycles. The van der Waals surface area contributed by atoms with Crippen LogP contribution in [0.3, 0.4) is 0 Å². The summed E-state index contributed by atoms with van der Waals surface area (Å²) in [6, 6.07) is 0. The minimum Gasteiger partial charge on any atom is -0.301 e. The lowest BCUT2D eigenvalue weighted by Gasteiger charge is -2.03. The van der Waals surface area contributed by atoms with Gasteiger partial charge in [-0.25, -0.2) is 4.79 Å². The molecule has 0 fully saturated rings. The molecule has 4 heteroatoms. The summed E-state index contributed by atoms with van der Waals surface area (Å²) in [5.74, 6) is -0.510. The Balaban J connectivity index is 0. The summed E-state index contributed by atoms with van der Waals surface area (Å²) >= 11 is 0. The van der Waals surface area contributed by atoms with Gasteiger partial charge in [-0.15, -0.1) is 0 Å². The molecule has 0 aliphatic carbocycles. The van der Waals surface area contributed by atoms with E-state index in [2.05, 4.69) is 11.8 Å². The molecule has 0 aliphatic rings. The van der Waals surface area contributed by atoms with E-state index in [1.165, 1.54) is 83.5 Å². The topological polar surface area (TPSA) is 46.5 Å². The quantitative estimate of drug-likeness (QED) is 0.167. The molecule has 0 bridgehead atoms. The molecule has 0 unspecified atom stereocenters. The Morgan fingerprint density at radius 2 is 1.00 bits per heavy atom. The highest BCUT2D eigenvalue weighted by Crippen LogP contribution is 2.13. The molecule has 0 heterocycles. The first-order chi connectivity index (χ1) is 10.3. The van der Waals surface area contributed by atoms with Crippen LogP contribution in [-0.4, -0.2) is 34.3 Å². The van der Waals surface area contributed by atoms with Crippen molar-refractivity contribution in [1.82, 2.24) is 0 Å². The SMILES string of the molecule is CCCCCCCCCCCCCCCCCC(=O)OO.[Mg]. The van der Waals surface area contributed by atoms with E-state index in [4.69, 9.17) is 5.26 Å². The molecular formula is C18H36MgO3. The smallest absolute Gasteiger partial charge is 0.301 e. The number of rotatable bonds is 16. The van der Waals surface area contributed by atoms with E-state index in [0.717, 1.165) is 12.8 Å². The first-order valence-electron chi connectivity index (χ1n) is 9.15. The third-order valence-corrected chi connectivity index (χ3v) is 4.09. The lowest BCUT2D eigenvalue weighted by atomic mass is 10.0. The van der Waals surface area contributed by atoms with Gasteiger partial charge in [0.25, 0.3) is 0 Å². The van der Waals surface area contributed by atoms with Crippen molar-refractivity contribution in [2.45, 2.75) is 110 Å². The van der Waals surface area contributed by atoms with Gasteiger partial charge in [-0.2, -0.15) is 5.26 Å². The van der Waals surface area contributed by atoms with E-state index in [-0.39, 0.29) is 23.1 Å². The van der Waals surface area contributed by atoms with Crippen LogP contribution in [0.5, 0.6) is 0 Å². The fraction of sp³-hybridized carbons (Fsp3) is 0.944. The van der Waals surface area contributed by atoms with Gasteiger partial charge in [-0.05, 0) is 6.42 Å². The molecule has 0 spiro atoms. The third-order valence-electron chi connectivity index (χ3n) is 4.09. The molecule has 0 amide bonds. The number of unbranched alkanes of at least 4 members (excludes halogenated alkanes) is 14. The van der Waals surface area contributed by atoms with E-state index >= 15 is 0 Å². The molecule has 0 aromatic heterocycles. The average Bonchev–Trinajstić information content (AvgIpc) is 2.50. The van der Waals surface area contributed by atoms with Gasteiger partial charge in [-0.3, -0.25) is 0 Å². The van der Waals surface area contributed by atoms with Gasteiger partial charge in [0, 0.05) is 29.5 Å². The summed E-state index contributed by atoms with van der Waals surface area (Å²) in [4.78, 5) is 14.3. The Kier molecular flexibility index (Phi) is 23.6. The van der Waals surface area contributed by atoms with Crippen LogP contribution >= 0.6 is 0 Å². The van der Waals surface area contributed by atoms with Crippen molar-refractivity contribution in [1.29, 1.82) is 0 Å². The Morgan fingerprint density at radius 3 is 1.32 bits per heavy atom. The highest BCUT2D eigenvalue weighted by atomic mass is 24.3. The number of hydrogen-bond donors (Lipinski definition) is 1. The maximum atomic E-state index is 10.7. The highest BCUT2D eigenvalue weighted by molar-refractivity contribution is 5.75. The van der Waals surface area contributed by atoms with Crippen molar-refractivity contribution in [3.05, 3.63) is 0 Å². The van der Waals surface area contributed by atoms with Crippen molar-refractivity contribution in [2.24, 2.45) is 0 Å². The van der Waals surface area contributed by atoms with Gasteiger partial charge in [0.15, 0.2) is 0 Å². The monoisotopic (exact) mass is 324 g/mol. The largest absolute Gasteiger partial charge is 0.342 e. The van der Waals surface area contributed by atoms with Crippen LogP contribution in [-0.2, 0) is 9.68 Å². The lowest BCUT2D eigenvalue weighted by molar-refractivity contribution is -0.234. The predicted molar refractivity (Wildman–Crippen MR) is 94.0 cm³/mol. The van der Waals surface area contributed by atoms with E-state index in [1.807, 2.05) is 0 Å². The molecule has 0 saturated carbocycles. The number of carbonyl (C=O) groups excluding carboxylic acids is 1. The summed E-state index contributed by atoms with van der Waals surface area (Å²) < 4.78 is 0. The molecule has 0 aromatic rings. The van der Waals surface area contributed by atoms with Crippen LogP contribution in [0.25, 0.3) is 0 Å². The van der Waals surface area contributed by atoms with Crippen LogP contribution in [0.15, 0.2) is 0 Å². The van der Waals surface area contributed by atoms with Gasteiger partial charge >= 0.3 is 5.97 Å². The minimum absolute atomic E-state index is 0. The maximum Gasteiger partial charge on any atom is 0.342 e. The Bertz CT molecular complexity index is 222. The summed E-state index contributed by atoms with van der Waals surface area (Å²) in [6.07, 6.45) is 20.0. The summed E-state index contributed by atoms with van der Waals surface area (Å²) in [7, 11) is 0. The second kappa shape index (κ2) is 21.2. The lowest BCUT2D eigenvalue weighted by Crippen LogP contribution is -1.99. The van der Waals surface area contributed by atoms with E-state index in [9.17, 15) is 4.79 Å². The molecule has 2 radical (unpaired) electrons. The van der Waals surface area contributed by atoms with Gasteiger partial charge in [0.2, 0.25) is 0 Å².